The van der Waals surface area contributed by atoms with Gasteiger partial charge in [0.15, 0.2) is 0 Å². The van der Waals surface area contributed by atoms with Crippen LogP contribution in [0.3, 0.4) is 0 Å². The molecular weight excluding hydrogens is 226 g/mol. The number of rotatable bonds is 7. The molecule has 0 spiro atoms. The molecule has 1 aliphatic rings. The highest BCUT2D eigenvalue weighted by molar-refractivity contribution is 5.84. The molecule has 3 N–H and O–H groups in total. The molecular formula is C14H29N3O. The lowest BCUT2D eigenvalue weighted by Gasteiger charge is -2.35. The van der Waals surface area contributed by atoms with Crippen LogP contribution in [0.25, 0.3) is 0 Å². The maximum atomic E-state index is 11.5. The Bertz CT molecular complexity index is 270. The van der Waals surface area contributed by atoms with Crippen molar-refractivity contribution in [3.05, 3.63) is 0 Å². The number of primary amides is 1. The minimum absolute atomic E-state index is 0.242. The third kappa shape index (κ3) is 4.25. The van der Waals surface area contributed by atoms with Crippen molar-refractivity contribution < 1.29 is 4.79 Å². The lowest BCUT2D eigenvalue weighted by molar-refractivity contribution is -0.124. The summed E-state index contributed by atoms with van der Waals surface area (Å²) in [6, 6.07) is 0. The van der Waals surface area contributed by atoms with Gasteiger partial charge < -0.3 is 16.0 Å². The Labute approximate surface area is 111 Å². The lowest BCUT2D eigenvalue weighted by atomic mass is 9.93. The predicted molar refractivity (Wildman–Crippen MR) is 75.3 cm³/mol. The van der Waals surface area contributed by atoms with E-state index in [4.69, 9.17) is 5.73 Å². The summed E-state index contributed by atoms with van der Waals surface area (Å²) >= 11 is 0. The fourth-order valence-electron chi connectivity index (χ4n) is 2.76. The molecule has 1 heterocycles. The van der Waals surface area contributed by atoms with Crippen LogP contribution in [0.15, 0.2) is 0 Å². The fourth-order valence-corrected chi connectivity index (χ4v) is 2.76. The quantitative estimate of drug-likeness (QED) is 0.722. The zero-order valence-corrected chi connectivity index (χ0v) is 12.2. The molecule has 1 aliphatic heterocycles. The van der Waals surface area contributed by atoms with Gasteiger partial charge in [-0.25, -0.2) is 0 Å². The largest absolute Gasteiger partial charge is 0.368 e. The van der Waals surface area contributed by atoms with E-state index in [2.05, 4.69) is 17.1 Å². The number of likely N-dealkylation sites (N-methyl/N-ethyl adjacent to an activating group) is 1. The molecule has 1 rings (SSSR count). The van der Waals surface area contributed by atoms with Crippen molar-refractivity contribution in [3.8, 4) is 0 Å². The molecule has 0 aromatic rings. The van der Waals surface area contributed by atoms with Crippen LogP contribution in [0.5, 0.6) is 0 Å². The van der Waals surface area contributed by atoms with Crippen LogP contribution in [-0.2, 0) is 4.79 Å². The van der Waals surface area contributed by atoms with Crippen molar-refractivity contribution in [2.24, 2.45) is 11.7 Å². The molecule has 0 aromatic carbocycles. The third-order valence-corrected chi connectivity index (χ3v) is 4.22. The SMILES string of the molecule is CCNC(C)(CCN1CCCC(CC)C1)C(N)=O. The average Bonchev–Trinajstić information content (AvgIpc) is 2.37. The van der Waals surface area contributed by atoms with Gasteiger partial charge in [0, 0.05) is 13.1 Å². The molecule has 1 saturated heterocycles. The van der Waals surface area contributed by atoms with Crippen molar-refractivity contribution in [2.45, 2.75) is 52.0 Å². The first-order chi connectivity index (χ1) is 8.51. The van der Waals surface area contributed by atoms with Gasteiger partial charge in [0.2, 0.25) is 5.91 Å². The van der Waals surface area contributed by atoms with Crippen LogP contribution >= 0.6 is 0 Å². The second-order valence-electron chi connectivity index (χ2n) is 5.69. The first kappa shape index (κ1) is 15.4. The third-order valence-electron chi connectivity index (χ3n) is 4.22. The van der Waals surface area contributed by atoms with Gasteiger partial charge in [-0.05, 0) is 45.2 Å². The van der Waals surface area contributed by atoms with Gasteiger partial charge in [0.25, 0.3) is 0 Å². The summed E-state index contributed by atoms with van der Waals surface area (Å²) in [6.07, 6.45) is 4.70. The summed E-state index contributed by atoms with van der Waals surface area (Å²) in [5.41, 5.74) is 4.94. The van der Waals surface area contributed by atoms with E-state index in [9.17, 15) is 4.79 Å². The van der Waals surface area contributed by atoms with Gasteiger partial charge in [-0.15, -0.1) is 0 Å². The normalized spacial score (nSPS) is 24.7. The Morgan fingerprint density at radius 1 is 1.50 bits per heavy atom. The number of likely N-dealkylation sites (tertiary alicyclic amines) is 1. The summed E-state index contributed by atoms with van der Waals surface area (Å²) in [5.74, 6) is 0.589. The standard InChI is InChI=1S/C14H29N3O/c1-4-12-7-6-9-17(11-12)10-8-14(3,13(15)18)16-5-2/h12,16H,4-11H2,1-3H3,(H2,15,18). The molecule has 0 aliphatic carbocycles. The molecule has 4 heteroatoms. The molecule has 106 valence electrons. The molecule has 0 radical (unpaired) electrons. The van der Waals surface area contributed by atoms with E-state index in [1.54, 1.807) is 0 Å². The van der Waals surface area contributed by atoms with Gasteiger partial charge in [0.05, 0.1) is 5.54 Å². The molecule has 2 unspecified atom stereocenters. The van der Waals surface area contributed by atoms with Crippen LogP contribution in [0.1, 0.15) is 46.5 Å². The summed E-state index contributed by atoms with van der Waals surface area (Å²) in [4.78, 5) is 14.0. The van der Waals surface area contributed by atoms with Crippen molar-refractivity contribution in [1.29, 1.82) is 0 Å². The summed E-state index contributed by atoms with van der Waals surface area (Å²) in [6.45, 7) is 10.3. The van der Waals surface area contributed by atoms with E-state index < -0.39 is 5.54 Å². The Morgan fingerprint density at radius 2 is 2.22 bits per heavy atom. The molecule has 1 fully saturated rings. The molecule has 2 atom stereocenters. The topological polar surface area (TPSA) is 58.4 Å². The highest BCUT2D eigenvalue weighted by atomic mass is 16.1. The molecule has 0 aromatic heterocycles. The van der Waals surface area contributed by atoms with Crippen molar-refractivity contribution in [2.75, 3.05) is 26.2 Å². The van der Waals surface area contributed by atoms with Crippen LogP contribution < -0.4 is 11.1 Å². The van der Waals surface area contributed by atoms with Crippen molar-refractivity contribution >= 4 is 5.91 Å². The van der Waals surface area contributed by atoms with Crippen LogP contribution in [0.4, 0.5) is 0 Å². The van der Waals surface area contributed by atoms with Gasteiger partial charge in [-0.3, -0.25) is 4.79 Å². The van der Waals surface area contributed by atoms with E-state index in [0.29, 0.717) is 0 Å². The number of carbonyl (C=O) groups excluding carboxylic acids is 1. The lowest BCUT2D eigenvalue weighted by Crippen LogP contribution is -2.55. The van der Waals surface area contributed by atoms with E-state index in [1.807, 2.05) is 13.8 Å². The second-order valence-corrected chi connectivity index (χ2v) is 5.69. The van der Waals surface area contributed by atoms with E-state index >= 15 is 0 Å². The Hall–Kier alpha value is -0.610. The van der Waals surface area contributed by atoms with Crippen LogP contribution in [0, 0.1) is 5.92 Å². The van der Waals surface area contributed by atoms with Gasteiger partial charge >= 0.3 is 0 Å². The number of piperidine rings is 1. The van der Waals surface area contributed by atoms with Gasteiger partial charge in [-0.1, -0.05) is 20.3 Å². The zero-order valence-electron chi connectivity index (χ0n) is 12.2. The molecule has 18 heavy (non-hydrogen) atoms. The summed E-state index contributed by atoms with van der Waals surface area (Å²) < 4.78 is 0. The van der Waals surface area contributed by atoms with E-state index in [1.165, 1.54) is 25.8 Å². The Kier molecular flexibility index (Phi) is 6.09. The minimum Gasteiger partial charge on any atom is -0.368 e. The number of nitrogens with two attached hydrogens (primary N) is 1. The second kappa shape index (κ2) is 7.10. The average molecular weight is 255 g/mol. The maximum absolute atomic E-state index is 11.5. The highest BCUT2D eigenvalue weighted by Gasteiger charge is 2.30. The molecule has 4 nitrogen and oxygen atoms in total. The fraction of sp³-hybridized carbons (Fsp3) is 0.929. The molecule has 0 saturated carbocycles. The number of nitrogens with zero attached hydrogens (tertiary/aromatic N) is 1. The van der Waals surface area contributed by atoms with E-state index in [-0.39, 0.29) is 5.91 Å². The zero-order chi connectivity index (χ0) is 13.6. The minimum atomic E-state index is -0.562. The number of nitrogens with one attached hydrogen (secondary N) is 1. The number of carbonyl (C=O) groups is 1. The Balaban J connectivity index is 2.44. The van der Waals surface area contributed by atoms with E-state index in [0.717, 1.165) is 32.0 Å². The maximum Gasteiger partial charge on any atom is 0.237 e. The Morgan fingerprint density at radius 3 is 2.78 bits per heavy atom. The van der Waals surface area contributed by atoms with Gasteiger partial charge in [-0.2, -0.15) is 0 Å². The number of hydrogen-bond donors (Lipinski definition) is 2. The van der Waals surface area contributed by atoms with Gasteiger partial charge in [0.1, 0.15) is 0 Å². The van der Waals surface area contributed by atoms with Crippen LogP contribution in [-0.4, -0.2) is 42.5 Å². The predicted octanol–water partition coefficient (Wildman–Crippen LogP) is 1.35. The van der Waals surface area contributed by atoms with Crippen LogP contribution in [0.2, 0.25) is 0 Å². The summed E-state index contributed by atoms with van der Waals surface area (Å²) in [7, 11) is 0. The highest BCUT2D eigenvalue weighted by Crippen LogP contribution is 2.20. The number of hydrogen-bond acceptors (Lipinski definition) is 3. The molecule has 0 bridgehead atoms. The smallest absolute Gasteiger partial charge is 0.237 e. The van der Waals surface area contributed by atoms with Crippen molar-refractivity contribution in [1.82, 2.24) is 10.2 Å². The monoisotopic (exact) mass is 255 g/mol. The first-order valence-electron chi connectivity index (χ1n) is 7.29. The first-order valence-corrected chi connectivity index (χ1v) is 7.29. The number of amides is 1. The molecule has 1 amide bonds. The summed E-state index contributed by atoms with van der Waals surface area (Å²) in [5, 5.41) is 3.22. The van der Waals surface area contributed by atoms with Crippen molar-refractivity contribution in [3.63, 3.8) is 0 Å².